The van der Waals surface area contributed by atoms with Gasteiger partial charge >= 0.3 is 0 Å². The van der Waals surface area contributed by atoms with Crippen molar-refractivity contribution in [1.29, 1.82) is 0 Å². The molecule has 2 aliphatic rings. The van der Waals surface area contributed by atoms with Gasteiger partial charge in [0.1, 0.15) is 11.6 Å². The summed E-state index contributed by atoms with van der Waals surface area (Å²) >= 11 is 3.46. The lowest BCUT2D eigenvalue weighted by Crippen LogP contribution is -2.22. The molecule has 2 fully saturated rings. The van der Waals surface area contributed by atoms with Crippen molar-refractivity contribution in [3.8, 4) is 0 Å². The molecule has 0 spiro atoms. The Morgan fingerprint density at radius 2 is 2.10 bits per heavy atom. The van der Waals surface area contributed by atoms with Gasteiger partial charge in [-0.2, -0.15) is 5.10 Å². The zero-order valence-corrected chi connectivity index (χ0v) is 13.6. The Kier molecular flexibility index (Phi) is 3.21. The van der Waals surface area contributed by atoms with E-state index in [2.05, 4.69) is 54.8 Å². The lowest BCUT2D eigenvalue weighted by Gasteiger charge is -2.18. The topological polar surface area (TPSA) is 46.8 Å². The standard InChI is InChI=1S/C15H18BrN5/c1-10-6-14(19-15(18-10)11-2-3-11)20-5-4-13(9-20)21-8-12(16)7-17-21/h6-8,11,13H,2-5,9H2,1H3. The van der Waals surface area contributed by atoms with Crippen LogP contribution in [0.1, 0.15) is 42.7 Å². The third kappa shape index (κ3) is 2.69. The average molecular weight is 348 g/mol. The number of nitrogens with zero attached hydrogens (tertiary/aromatic N) is 5. The van der Waals surface area contributed by atoms with Gasteiger partial charge in [-0.25, -0.2) is 9.97 Å². The van der Waals surface area contributed by atoms with E-state index in [0.29, 0.717) is 12.0 Å². The smallest absolute Gasteiger partial charge is 0.134 e. The molecule has 0 radical (unpaired) electrons. The van der Waals surface area contributed by atoms with Gasteiger partial charge in [-0.1, -0.05) is 0 Å². The van der Waals surface area contributed by atoms with Gasteiger partial charge in [-0.3, -0.25) is 4.68 Å². The molecule has 1 saturated heterocycles. The van der Waals surface area contributed by atoms with Crippen molar-refractivity contribution in [3.05, 3.63) is 34.5 Å². The summed E-state index contributed by atoms with van der Waals surface area (Å²) in [4.78, 5) is 11.7. The predicted molar refractivity (Wildman–Crippen MR) is 84.5 cm³/mol. The predicted octanol–water partition coefficient (Wildman–Crippen LogP) is 3.07. The van der Waals surface area contributed by atoms with Crippen LogP contribution >= 0.6 is 15.9 Å². The molecule has 110 valence electrons. The Bertz CT molecular complexity index is 664. The van der Waals surface area contributed by atoms with Crippen LogP contribution in [0, 0.1) is 6.92 Å². The largest absolute Gasteiger partial charge is 0.354 e. The lowest BCUT2D eigenvalue weighted by molar-refractivity contribution is 0.494. The van der Waals surface area contributed by atoms with Crippen LogP contribution in [-0.2, 0) is 0 Å². The Morgan fingerprint density at radius 3 is 2.81 bits per heavy atom. The van der Waals surface area contributed by atoms with E-state index in [1.807, 2.05) is 6.20 Å². The van der Waals surface area contributed by atoms with Crippen molar-refractivity contribution in [2.24, 2.45) is 0 Å². The van der Waals surface area contributed by atoms with Crippen molar-refractivity contribution in [2.75, 3.05) is 18.0 Å². The SMILES string of the molecule is Cc1cc(N2CCC(n3cc(Br)cn3)C2)nc(C2CC2)n1. The fraction of sp³-hybridized carbons (Fsp3) is 0.533. The summed E-state index contributed by atoms with van der Waals surface area (Å²) in [7, 11) is 0. The average Bonchev–Trinajstić information content (AvgIpc) is 3.03. The molecule has 5 nitrogen and oxygen atoms in total. The first-order valence-electron chi connectivity index (χ1n) is 7.49. The molecule has 0 bridgehead atoms. The molecule has 1 saturated carbocycles. The van der Waals surface area contributed by atoms with Crippen molar-refractivity contribution in [1.82, 2.24) is 19.7 Å². The molecule has 1 aliphatic heterocycles. The summed E-state index contributed by atoms with van der Waals surface area (Å²) in [6, 6.07) is 2.53. The van der Waals surface area contributed by atoms with Crippen LogP contribution in [0.2, 0.25) is 0 Å². The summed E-state index contributed by atoms with van der Waals surface area (Å²) in [6.45, 7) is 4.06. The van der Waals surface area contributed by atoms with Crippen molar-refractivity contribution < 1.29 is 0 Å². The molecule has 4 rings (SSSR count). The minimum Gasteiger partial charge on any atom is -0.354 e. The molecule has 3 heterocycles. The van der Waals surface area contributed by atoms with E-state index in [-0.39, 0.29) is 0 Å². The van der Waals surface area contributed by atoms with Crippen LogP contribution in [0.25, 0.3) is 0 Å². The highest BCUT2D eigenvalue weighted by Crippen LogP contribution is 2.39. The second-order valence-corrected chi connectivity index (χ2v) is 6.94. The second-order valence-electron chi connectivity index (χ2n) is 6.03. The first-order chi connectivity index (χ1) is 10.2. The number of halogens is 1. The van der Waals surface area contributed by atoms with Gasteiger partial charge < -0.3 is 4.90 Å². The molecule has 1 aliphatic carbocycles. The minimum atomic E-state index is 0.427. The normalized spacial score (nSPS) is 22.0. The van der Waals surface area contributed by atoms with Gasteiger partial charge in [0.2, 0.25) is 0 Å². The highest BCUT2D eigenvalue weighted by molar-refractivity contribution is 9.10. The number of hydrogen-bond donors (Lipinski definition) is 0. The third-order valence-corrected chi connectivity index (χ3v) is 4.64. The van der Waals surface area contributed by atoms with Crippen LogP contribution in [0.4, 0.5) is 5.82 Å². The minimum absolute atomic E-state index is 0.427. The van der Waals surface area contributed by atoms with E-state index in [1.165, 1.54) is 12.8 Å². The van der Waals surface area contributed by atoms with E-state index in [4.69, 9.17) is 4.98 Å². The molecule has 1 unspecified atom stereocenters. The zero-order valence-electron chi connectivity index (χ0n) is 12.0. The molecule has 0 amide bonds. The molecule has 21 heavy (non-hydrogen) atoms. The molecular weight excluding hydrogens is 330 g/mol. The Hall–Kier alpha value is -1.43. The summed E-state index contributed by atoms with van der Waals surface area (Å²) in [5.41, 5.74) is 1.08. The molecule has 0 aromatic carbocycles. The Labute approximate surface area is 132 Å². The van der Waals surface area contributed by atoms with Gasteiger partial charge in [0.15, 0.2) is 0 Å². The van der Waals surface area contributed by atoms with Gasteiger partial charge in [-0.15, -0.1) is 0 Å². The maximum atomic E-state index is 4.79. The van der Waals surface area contributed by atoms with Crippen molar-refractivity contribution in [2.45, 2.75) is 38.1 Å². The fourth-order valence-corrected chi connectivity index (χ4v) is 3.24. The van der Waals surface area contributed by atoms with Crippen molar-refractivity contribution in [3.63, 3.8) is 0 Å². The quantitative estimate of drug-likeness (QED) is 0.855. The summed E-state index contributed by atoms with van der Waals surface area (Å²) in [5.74, 6) is 2.72. The lowest BCUT2D eigenvalue weighted by atomic mass is 10.3. The van der Waals surface area contributed by atoms with Crippen LogP contribution < -0.4 is 4.90 Å². The number of rotatable bonds is 3. The van der Waals surface area contributed by atoms with E-state index >= 15 is 0 Å². The van der Waals surface area contributed by atoms with Crippen LogP contribution in [0.5, 0.6) is 0 Å². The van der Waals surface area contributed by atoms with Gasteiger partial charge in [-0.05, 0) is 42.1 Å². The van der Waals surface area contributed by atoms with E-state index in [0.717, 1.165) is 41.3 Å². The first-order valence-corrected chi connectivity index (χ1v) is 8.28. The highest BCUT2D eigenvalue weighted by Gasteiger charge is 2.29. The number of anilines is 1. The van der Waals surface area contributed by atoms with Crippen LogP contribution in [0.15, 0.2) is 22.9 Å². The van der Waals surface area contributed by atoms with E-state index in [9.17, 15) is 0 Å². The Balaban J connectivity index is 1.55. The van der Waals surface area contributed by atoms with Gasteiger partial charge in [0.25, 0.3) is 0 Å². The maximum absolute atomic E-state index is 4.79. The highest BCUT2D eigenvalue weighted by atomic mass is 79.9. The van der Waals surface area contributed by atoms with Gasteiger partial charge in [0, 0.05) is 37.0 Å². The summed E-state index contributed by atoms with van der Waals surface area (Å²) in [6.07, 6.45) is 7.49. The van der Waals surface area contributed by atoms with Gasteiger partial charge in [0.05, 0.1) is 16.7 Å². The Morgan fingerprint density at radius 1 is 1.24 bits per heavy atom. The van der Waals surface area contributed by atoms with Crippen LogP contribution in [-0.4, -0.2) is 32.8 Å². The van der Waals surface area contributed by atoms with Crippen LogP contribution in [0.3, 0.4) is 0 Å². The molecule has 2 aromatic heterocycles. The maximum Gasteiger partial charge on any atom is 0.134 e. The van der Waals surface area contributed by atoms with E-state index < -0.39 is 0 Å². The summed E-state index contributed by atoms with van der Waals surface area (Å²) in [5, 5.41) is 4.41. The zero-order chi connectivity index (χ0) is 14.4. The number of hydrogen-bond acceptors (Lipinski definition) is 4. The fourth-order valence-electron chi connectivity index (χ4n) is 2.94. The number of aryl methyl sites for hydroxylation is 1. The molecule has 1 atom stereocenters. The number of aromatic nitrogens is 4. The summed E-state index contributed by atoms with van der Waals surface area (Å²) < 4.78 is 3.09. The monoisotopic (exact) mass is 347 g/mol. The molecular formula is C15H18BrN5. The van der Waals surface area contributed by atoms with E-state index in [1.54, 1.807) is 0 Å². The molecule has 2 aromatic rings. The first kappa shape index (κ1) is 13.2. The second kappa shape index (κ2) is 5.09. The van der Waals surface area contributed by atoms with Crippen molar-refractivity contribution >= 4 is 21.7 Å². The molecule has 0 N–H and O–H groups in total. The third-order valence-electron chi connectivity index (χ3n) is 4.23. The molecule has 6 heteroatoms.